The van der Waals surface area contributed by atoms with Crippen LogP contribution in [-0.4, -0.2) is 32.3 Å². The van der Waals surface area contributed by atoms with Crippen LogP contribution in [0.5, 0.6) is 5.75 Å². The fraction of sp³-hybridized carbons (Fsp3) is 0.667. The summed E-state index contributed by atoms with van der Waals surface area (Å²) in [7, 11) is 0. The van der Waals surface area contributed by atoms with Crippen LogP contribution in [0.15, 0.2) is 12.4 Å². The predicted octanol–water partition coefficient (Wildman–Crippen LogP) is 3.77. The number of fused-ring (bicyclic) bond motifs is 3. The van der Waals surface area contributed by atoms with Crippen LogP contribution < -0.4 is 9.64 Å². The van der Waals surface area contributed by atoms with Crippen molar-refractivity contribution in [1.29, 1.82) is 0 Å². The van der Waals surface area contributed by atoms with Crippen molar-refractivity contribution in [3.05, 3.63) is 18.0 Å². The molecule has 0 radical (unpaired) electrons. The van der Waals surface area contributed by atoms with Gasteiger partial charge in [-0.05, 0) is 46.0 Å². The Labute approximate surface area is 137 Å². The van der Waals surface area contributed by atoms with Crippen LogP contribution in [-0.2, 0) is 0 Å². The summed E-state index contributed by atoms with van der Waals surface area (Å²) >= 11 is 0. The molecule has 23 heavy (non-hydrogen) atoms. The molecular formula is C18H26N4O. The average molecular weight is 314 g/mol. The van der Waals surface area contributed by atoms with E-state index < -0.39 is 0 Å². The fourth-order valence-electron chi connectivity index (χ4n) is 4.04. The van der Waals surface area contributed by atoms with Gasteiger partial charge in [-0.1, -0.05) is 13.8 Å². The van der Waals surface area contributed by atoms with Crippen molar-refractivity contribution in [2.75, 3.05) is 4.90 Å². The Kier molecular flexibility index (Phi) is 3.12. The zero-order chi connectivity index (χ0) is 16.4. The van der Waals surface area contributed by atoms with Gasteiger partial charge in [-0.2, -0.15) is 5.10 Å². The van der Waals surface area contributed by atoms with Gasteiger partial charge < -0.3 is 9.64 Å². The van der Waals surface area contributed by atoms with Gasteiger partial charge in [-0.15, -0.1) is 0 Å². The molecule has 0 N–H and O–H groups in total. The maximum Gasteiger partial charge on any atom is 0.180 e. The van der Waals surface area contributed by atoms with Crippen LogP contribution in [0.3, 0.4) is 0 Å². The van der Waals surface area contributed by atoms with Crippen LogP contribution in [0.25, 0.3) is 5.65 Å². The minimum Gasteiger partial charge on any atom is -0.483 e. The van der Waals surface area contributed by atoms with Crippen molar-refractivity contribution in [2.24, 2.45) is 0 Å². The van der Waals surface area contributed by atoms with E-state index in [1.807, 2.05) is 16.9 Å². The second kappa shape index (κ2) is 4.86. The first-order chi connectivity index (χ1) is 10.9. The van der Waals surface area contributed by atoms with Crippen molar-refractivity contribution in [3.8, 4) is 5.75 Å². The summed E-state index contributed by atoms with van der Waals surface area (Å²) in [6, 6.07) is 0.433. The Hall–Kier alpha value is -1.78. The zero-order valence-corrected chi connectivity index (χ0v) is 14.7. The molecule has 1 aliphatic heterocycles. The Morgan fingerprint density at radius 2 is 2.04 bits per heavy atom. The molecule has 0 bridgehead atoms. The zero-order valence-electron chi connectivity index (χ0n) is 14.7. The smallest absolute Gasteiger partial charge is 0.180 e. The summed E-state index contributed by atoms with van der Waals surface area (Å²) in [4.78, 5) is 7.49. The van der Waals surface area contributed by atoms with Gasteiger partial charge in [0.05, 0.1) is 18.4 Å². The highest BCUT2D eigenvalue weighted by Gasteiger charge is 2.44. The van der Waals surface area contributed by atoms with Gasteiger partial charge in [0, 0.05) is 11.1 Å². The topological polar surface area (TPSA) is 42.7 Å². The first kappa shape index (κ1) is 14.8. The molecule has 2 aromatic rings. The summed E-state index contributed by atoms with van der Waals surface area (Å²) in [5, 5.41) is 4.48. The molecule has 3 heterocycles. The molecule has 2 aliphatic rings. The van der Waals surface area contributed by atoms with Crippen LogP contribution >= 0.6 is 0 Å². The van der Waals surface area contributed by atoms with Crippen molar-refractivity contribution in [3.63, 3.8) is 0 Å². The van der Waals surface area contributed by atoms with E-state index >= 15 is 0 Å². The molecule has 124 valence electrons. The summed E-state index contributed by atoms with van der Waals surface area (Å²) < 4.78 is 8.16. The first-order valence-electron chi connectivity index (χ1n) is 8.70. The van der Waals surface area contributed by atoms with E-state index in [1.54, 1.807) is 0 Å². The van der Waals surface area contributed by atoms with E-state index in [0.717, 1.165) is 23.6 Å². The minimum absolute atomic E-state index is 0.0230. The SMILES string of the molecule is CC(C)c1cnn2cc3c(nc12)N(C(C)(C)C)[C@H]1CCC[C@@H]1O3. The lowest BCUT2D eigenvalue weighted by Gasteiger charge is -2.47. The summed E-state index contributed by atoms with van der Waals surface area (Å²) in [6.45, 7) is 11.2. The van der Waals surface area contributed by atoms with Gasteiger partial charge in [-0.25, -0.2) is 9.50 Å². The molecule has 0 aromatic carbocycles. The first-order valence-corrected chi connectivity index (χ1v) is 8.70. The van der Waals surface area contributed by atoms with Crippen LogP contribution in [0.4, 0.5) is 5.82 Å². The monoisotopic (exact) mass is 314 g/mol. The normalized spacial score (nSPS) is 24.0. The third kappa shape index (κ3) is 2.20. The molecule has 5 heteroatoms. The average Bonchev–Trinajstić information content (AvgIpc) is 3.06. The number of hydrogen-bond acceptors (Lipinski definition) is 4. The van der Waals surface area contributed by atoms with E-state index in [9.17, 15) is 0 Å². The van der Waals surface area contributed by atoms with Crippen LogP contribution in [0.1, 0.15) is 65.4 Å². The molecule has 1 saturated carbocycles. The molecule has 0 amide bonds. The fourth-order valence-corrected chi connectivity index (χ4v) is 4.04. The van der Waals surface area contributed by atoms with Crippen molar-refractivity contribution in [2.45, 2.75) is 77.5 Å². The van der Waals surface area contributed by atoms with Crippen LogP contribution in [0, 0.1) is 0 Å². The van der Waals surface area contributed by atoms with E-state index in [0.29, 0.717) is 12.0 Å². The van der Waals surface area contributed by atoms with Crippen molar-refractivity contribution in [1.82, 2.24) is 14.6 Å². The molecule has 4 rings (SSSR count). The van der Waals surface area contributed by atoms with Crippen molar-refractivity contribution < 1.29 is 4.74 Å². The quantitative estimate of drug-likeness (QED) is 0.803. The lowest BCUT2D eigenvalue weighted by atomic mass is 9.99. The minimum atomic E-state index is 0.0230. The Bertz CT molecular complexity index is 743. The number of anilines is 1. The largest absolute Gasteiger partial charge is 0.483 e. The number of hydrogen-bond donors (Lipinski definition) is 0. The lowest BCUT2D eigenvalue weighted by Crippen LogP contribution is -2.55. The maximum absolute atomic E-state index is 6.29. The molecule has 1 fully saturated rings. The highest BCUT2D eigenvalue weighted by Crippen LogP contribution is 2.44. The molecule has 2 aromatic heterocycles. The van der Waals surface area contributed by atoms with Gasteiger partial charge >= 0.3 is 0 Å². The standard InChI is InChI=1S/C18H26N4O/c1-11(2)12-9-19-21-10-15-17(20-16(12)21)22(18(3,4)5)13-7-6-8-14(13)23-15/h9-11,13-14H,6-8H2,1-5H3/t13-,14-/m0/s1. The van der Waals surface area contributed by atoms with Gasteiger partial charge in [-0.3, -0.25) is 0 Å². The Morgan fingerprint density at radius 3 is 2.74 bits per heavy atom. The van der Waals surface area contributed by atoms with Gasteiger partial charge in [0.25, 0.3) is 0 Å². The number of ether oxygens (including phenoxy) is 1. The number of rotatable bonds is 1. The molecule has 1 aliphatic carbocycles. The molecule has 0 unspecified atom stereocenters. The highest BCUT2D eigenvalue weighted by molar-refractivity contribution is 5.63. The summed E-state index contributed by atoms with van der Waals surface area (Å²) in [5.74, 6) is 2.26. The number of nitrogens with zero attached hydrogens (tertiary/aromatic N) is 4. The molecule has 0 spiro atoms. The van der Waals surface area contributed by atoms with Gasteiger partial charge in [0.15, 0.2) is 17.2 Å². The van der Waals surface area contributed by atoms with E-state index in [1.165, 1.54) is 18.4 Å². The maximum atomic E-state index is 6.29. The summed E-state index contributed by atoms with van der Waals surface area (Å²) in [6.07, 6.45) is 7.76. The molecule has 5 nitrogen and oxygen atoms in total. The third-order valence-electron chi connectivity index (χ3n) is 5.07. The Morgan fingerprint density at radius 1 is 1.26 bits per heavy atom. The third-order valence-corrected chi connectivity index (χ3v) is 5.07. The predicted molar refractivity (Wildman–Crippen MR) is 91.4 cm³/mol. The second-order valence-electron chi connectivity index (χ2n) is 8.15. The molecular weight excluding hydrogens is 288 g/mol. The molecule has 2 atom stereocenters. The lowest BCUT2D eigenvalue weighted by molar-refractivity contribution is 0.156. The van der Waals surface area contributed by atoms with E-state index in [-0.39, 0.29) is 11.6 Å². The number of aromatic nitrogens is 3. The van der Waals surface area contributed by atoms with Crippen LogP contribution in [0.2, 0.25) is 0 Å². The van der Waals surface area contributed by atoms with E-state index in [4.69, 9.17) is 9.72 Å². The van der Waals surface area contributed by atoms with E-state index in [2.05, 4.69) is 44.6 Å². The Balaban J connectivity index is 1.92. The summed E-state index contributed by atoms with van der Waals surface area (Å²) in [5.41, 5.74) is 2.16. The van der Waals surface area contributed by atoms with Crippen molar-refractivity contribution >= 4 is 11.5 Å². The van der Waals surface area contributed by atoms with Gasteiger partial charge in [0.1, 0.15) is 6.10 Å². The van der Waals surface area contributed by atoms with Gasteiger partial charge in [0.2, 0.25) is 0 Å². The molecule has 0 saturated heterocycles. The second-order valence-corrected chi connectivity index (χ2v) is 8.15. The highest BCUT2D eigenvalue weighted by atomic mass is 16.5.